The molecule has 1 saturated heterocycles. The van der Waals surface area contributed by atoms with E-state index in [4.69, 9.17) is 9.47 Å². The molecule has 146 valence electrons. The van der Waals surface area contributed by atoms with Gasteiger partial charge in [-0.1, -0.05) is 6.92 Å². The van der Waals surface area contributed by atoms with E-state index in [2.05, 4.69) is 21.5 Å². The highest BCUT2D eigenvalue weighted by atomic mass is 32.2. The Bertz CT molecular complexity index is 884. The van der Waals surface area contributed by atoms with E-state index in [1.54, 1.807) is 18.3 Å². The monoisotopic (exact) mass is 391 g/mol. The number of hydrogen-bond acceptors (Lipinski definition) is 6. The van der Waals surface area contributed by atoms with Crippen molar-refractivity contribution in [1.29, 1.82) is 0 Å². The summed E-state index contributed by atoms with van der Waals surface area (Å²) in [5.74, 6) is 2.24. The minimum absolute atomic E-state index is 0.0414. The van der Waals surface area contributed by atoms with E-state index in [1.165, 1.54) is 32.8 Å². The van der Waals surface area contributed by atoms with Gasteiger partial charge in [-0.05, 0) is 43.0 Å². The lowest BCUT2D eigenvalue weighted by Gasteiger charge is -2.31. The van der Waals surface area contributed by atoms with Gasteiger partial charge in [0.2, 0.25) is 0 Å². The maximum absolute atomic E-state index is 12.7. The van der Waals surface area contributed by atoms with Gasteiger partial charge in [-0.2, -0.15) is 0 Å². The summed E-state index contributed by atoms with van der Waals surface area (Å²) in [4.78, 5) is 6.71. The first kappa shape index (κ1) is 19.3. The summed E-state index contributed by atoms with van der Waals surface area (Å²) in [6, 6.07) is 8.15. The molecule has 7 nitrogen and oxygen atoms in total. The van der Waals surface area contributed by atoms with Crippen molar-refractivity contribution < 1.29 is 17.9 Å². The average molecular weight is 391 g/mol. The molecular weight excluding hydrogens is 366 g/mol. The number of methoxy groups -OCH3 is 2. The van der Waals surface area contributed by atoms with Crippen molar-refractivity contribution in [1.82, 2.24) is 4.98 Å². The minimum atomic E-state index is -3.81. The van der Waals surface area contributed by atoms with Crippen LogP contribution in [-0.2, 0) is 10.0 Å². The maximum atomic E-state index is 12.7. The Morgan fingerprint density at radius 2 is 2.00 bits per heavy atom. The Hall–Kier alpha value is -2.48. The van der Waals surface area contributed by atoms with E-state index in [0.29, 0.717) is 17.4 Å². The SMILES string of the molecule is COc1ccc(S(=O)(=O)Nc2ccc(N3CCCC(C)C3)nc2)c(OC)c1. The molecule has 1 fully saturated rings. The molecule has 2 heterocycles. The molecule has 3 rings (SSSR count). The number of ether oxygens (including phenoxy) is 2. The van der Waals surface area contributed by atoms with E-state index >= 15 is 0 Å². The van der Waals surface area contributed by atoms with Crippen molar-refractivity contribution in [3.8, 4) is 11.5 Å². The largest absolute Gasteiger partial charge is 0.497 e. The number of hydrogen-bond donors (Lipinski definition) is 1. The third-order valence-electron chi connectivity index (χ3n) is 4.64. The number of nitrogens with one attached hydrogen (secondary N) is 1. The molecule has 0 aliphatic carbocycles. The summed E-state index contributed by atoms with van der Waals surface area (Å²) in [6.07, 6.45) is 3.93. The van der Waals surface area contributed by atoms with Gasteiger partial charge in [-0.25, -0.2) is 13.4 Å². The van der Waals surface area contributed by atoms with Crippen LogP contribution < -0.4 is 19.1 Å². The Morgan fingerprint density at radius 1 is 1.19 bits per heavy atom. The molecule has 1 aliphatic rings. The van der Waals surface area contributed by atoms with Gasteiger partial charge in [0, 0.05) is 19.2 Å². The van der Waals surface area contributed by atoms with E-state index in [1.807, 2.05) is 6.07 Å². The normalized spacial score (nSPS) is 17.4. The van der Waals surface area contributed by atoms with E-state index in [0.717, 1.165) is 25.3 Å². The molecule has 0 amide bonds. The number of anilines is 2. The molecule has 8 heteroatoms. The van der Waals surface area contributed by atoms with Gasteiger partial charge in [0.15, 0.2) is 0 Å². The van der Waals surface area contributed by atoms with Gasteiger partial charge < -0.3 is 14.4 Å². The van der Waals surface area contributed by atoms with Crippen LogP contribution in [0.1, 0.15) is 19.8 Å². The molecule has 1 unspecified atom stereocenters. The van der Waals surface area contributed by atoms with Crippen molar-refractivity contribution in [3.63, 3.8) is 0 Å². The topological polar surface area (TPSA) is 80.8 Å². The van der Waals surface area contributed by atoms with Crippen LogP contribution in [0.2, 0.25) is 0 Å². The summed E-state index contributed by atoms with van der Waals surface area (Å²) >= 11 is 0. The average Bonchev–Trinajstić information content (AvgIpc) is 2.67. The number of rotatable bonds is 6. The molecule has 0 spiro atoms. The quantitative estimate of drug-likeness (QED) is 0.815. The fourth-order valence-corrected chi connectivity index (χ4v) is 4.43. The Balaban J connectivity index is 1.78. The molecule has 1 atom stereocenters. The molecule has 1 aliphatic heterocycles. The maximum Gasteiger partial charge on any atom is 0.265 e. The smallest absolute Gasteiger partial charge is 0.265 e. The predicted molar refractivity (Wildman–Crippen MR) is 105 cm³/mol. The number of aromatic nitrogens is 1. The first-order chi connectivity index (χ1) is 12.9. The fraction of sp³-hybridized carbons (Fsp3) is 0.421. The van der Waals surface area contributed by atoms with Crippen LogP contribution in [0.3, 0.4) is 0 Å². The highest BCUT2D eigenvalue weighted by Crippen LogP contribution is 2.30. The second-order valence-corrected chi connectivity index (χ2v) is 8.37. The van der Waals surface area contributed by atoms with E-state index < -0.39 is 10.0 Å². The summed E-state index contributed by atoms with van der Waals surface area (Å²) < 4.78 is 38.3. The van der Waals surface area contributed by atoms with Crippen LogP contribution in [0.4, 0.5) is 11.5 Å². The van der Waals surface area contributed by atoms with Crippen LogP contribution in [-0.4, -0.2) is 40.7 Å². The lowest BCUT2D eigenvalue weighted by Crippen LogP contribution is -2.34. The third-order valence-corrected chi connectivity index (χ3v) is 6.06. The van der Waals surface area contributed by atoms with Gasteiger partial charge in [0.25, 0.3) is 10.0 Å². The van der Waals surface area contributed by atoms with Gasteiger partial charge in [0.1, 0.15) is 22.2 Å². The van der Waals surface area contributed by atoms with Crippen LogP contribution in [0.5, 0.6) is 11.5 Å². The Kier molecular flexibility index (Phi) is 5.74. The lowest BCUT2D eigenvalue weighted by molar-refractivity contribution is 0.386. The summed E-state index contributed by atoms with van der Waals surface area (Å²) in [7, 11) is -0.880. The Morgan fingerprint density at radius 3 is 2.63 bits per heavy atom. The number of pyridine rings is 1. The molecular formula is C19H25N3O4S. The van der Waals surface area contributed by atoms with Gasteiger partial charge >= 0.3 is 0 Å². The highest BCUT2D eigenvalue weighted by molar-refractivity contribution is 7.92. The van der Waals surface area contributed by atoms with Crippen molar-refractivity contribution in [3.05, 3.63) is 36.5 Å². The number of benzene rings is 1. The molecule has 1 aromatic heterocycles. The third kappa shape index (κ3) is 4.44. The molecule has 1 aromatic carbocycles. The second-order valence-electron chi connectivity index (χ2n) is 6.72. The van der Waals surface area contributed by atoms with Crippen molar-refractivity contribution in [2.75, 3.05) is 36.9 Å². The van der Waals surface area contributed by atoms with Gasteiger partial charge in [-0.15, -0.1) is 0 Å². The molecule has 0 bridgehead atoms. The first-order valence-electron chi connectivity index (χ1n) is 8.89. The summed E-state index contributed by atoms with van der Waals surface area (Å²) in [5, 5.41) is 0. The Labute approximate surface area is 160 Å². The van der Waals surface area contributed by atoms with Gasteiger partial charge in [0.05, 0.1) is 26.1 Å². The molecule has 2 aromatic rings. The van der Waals surface area contributed by atoms with Crippen LogP contribution in [0, 0.1) is 5.92 Å². The zero-order valence-corrected chi connectivity index (χ0v) is 16.6. The first-order valence-corrected chi connectivity index (χ1v) is 10.4. The summed E-state index contributed by atoms with van der Waals surface area (Å²) in [5.41, 5.74) is 0.404. The van der Waals surface area contributed by atoms with Crippen molar-refractivity contribution >= 4 is 21.5 Å². The summed E-state index contributed by atoms with van der Waals surface area (Å²) in [6.45, 7) is 4.18. The predicted octanol–water partition coefficient (Wildman–Crippen LogP) is 3.14. The lowest BCUT2D eigenvalue weighted by atomic mass is 10.0. The molecule has 0 radical (unpaired) electrons. The highest BCUT2D eigenvalue weighted by Gasteiger charge is 2.21. The number of sulfonamides is 1. The number of nitrogens with zero attached hydrogens (tertiary/aromatic N) is 2. The van der Waals surface area contributed by atoms with Gasteiger partial charge in [-0.3, -0.25) is 4.72 Å². The molecule has 0 saturated carbocycles. The van der Waals surface area contributed by atoms with Crippen LogP contribution >= 0.6 is 0 Å². The van der Waals surface area contributed by atoms with E-state index in [-0.39, 0.29) is 10.6 Å². The van der Waals surface area contributed by atoms with Crippen LogP contribution in [0.25, 0.3) is 0 Å². The van der Waals surface area contributed by atoms with Crippen LogP contribution in [0.15, 0.2) is 41.4 Å². The molecule has 27 heavy (non-hydrogen) atoms. The minimum Gasteiger partial charge on any atom is -0.497 e. The zero-order valence-electron chi connectivity index (χ0n) is 15.8. The van der Waals surface area contributed by atoms with Crippen molar-refractivity contribution in [2.24, 2.45) is 5.92 Å². The second kappa shape index (κ2) is 8.04. The number of piperidine rings is 1. The van der Waals surface area contributed by atoms with Crippen molar-refractivity contribution in [2.45, 2.75) is 24.7 Å². The standard InChI is InChI=1S/C19H25N3O4S/c1-14-5-4-10-22(13-14)19-9-6-15(12-20-19)21-27(23,24)18-8-7-16(25-2)11-17(18)26-3/h6-9,11-12,14,21H,4-5,10,13H2,1-3H3. The molecule has 1 N–H and O–H groups in total. The van der Waals surface area contributed by atoms with E-state index in [9.17, 15) is 8.42 Å². The zero-order chi connectivity index (χ0) is 19.4. The fourth-order valence-electron chi connectivity index (χ4n) is 3.24.